The van der Waals surface area contributed by atoms with Crippen molar-refractivity contribution in [1.29, 1.82) is 0 Å². The highest BCUT2D eigenvalue weighted by molar-refractivity contribution is 6.24. The van der Waals surface area contributed by atoms with Crippen molar-refractivity contribution in [2.45, 2.75) is 0 Å². The van der Waals surface area contributed by atoms with Gasteiger partial charge in [-0.25, -0.2) is 0 Å². The molecule has 0 radical (unpaired) electrons. The molecule has 0 fully saturated rings. The quantitative estimate of drug-likeness (QED) is 0.146. The lowest BCUT2D eigenvalue weighted by Crippen LogP contribution is -1.93. The monoisotopic (exact) mass is 834 g/mol. The number of fused-ring (bicyclic) bond motifs is 6. The van der Waals surface area contributed by atoms with E-state index in [1.165, 1.54) is 131 Å². The fraction of sp³-hybridized carbons (Fsp3) is 0. The smallest absolute Gasteiger partial charge is 0.00262 e. The minimum absolute atomic E-state index is 1.21. The number of benzene rings is 13. The first kappa shape index (κ1) is 37.9. The van der Waals surface area contributed by atoms with Gasteiger partial charge in [0.15, 0.2) is 0 Å². The van der Waals surface area contributed by atoms with Gasteiger partial charge in [0, 0.05) is 0 Å². The average Bonchev–Trinajstić information content (AvgIpc) is 3.39. The summed E-state index contributed by atoms with van der Waals surface area (Å²) in [5.74, 6) is 0. The van der Waals surface area contributed by atoms with Gasteiger partial charge in [-0.2, -0.15) is 0 Å². The summed E-state index contributed by atoms with van der Waals surface area (Å²) in [6, 6.07) is 94.1. The Labute approximate surface area is 384 Å². The first-order valence-electron chi connectivity index (χ1n) is 22.9. The fourth-order valence-corrected chi connectivity index (χ4v) is 10.7. The van der Waals surface area contributed by atoms with Crippen molar-refractivity contribution in [3.8, 4) is 66.8 Å². The van der Waals surface area contributed by atoms with E-state index in [1.54, 1.807) is 0 Å². The maximum absolute atomic E-state index is 2.40. The van der Waals surface area contributed by atoms with Crippen molar-refractivity contribution in [1.82, 2.24) is 0 Å². The standard InChI is InChI=1S/C66H42/c1-3-15-43(16-4-1)53-37-38-61-62(42-53)65(45-18-5-2-6-19-45)58-24-12-9-21-55(58)64(61)47-30-28-46(29-31-47)63-56-22-10-13-25-59(56)66(60-26-14-11-23-57(60)63)54-36-35-51-40-50(33-34-52(51)41-54)49-32-27-44-17-7-8-20-48(44)39-49/h1-42H. The van der Waals surface area contributed by atoms with E-state index in [-0.39, 0.29) is 0 Å². The van der Waals surface area contributed by atoms with Crippen LogP contribution in [0.5, 0.6) is 0 Å². The molecule has 0 heteroatoms. The highest BCUT2D eigenvalue weighted by Crippen LogP contribution is 2.47. The van der Waals surface area contributed by atoms with Crippen molar-refractivity contribution in [3.05, 3.63) is 255 Å². The minimum Gasteiger partial charge on any atom is -0.0622 e. The first-order chi connectivity index (χ1) is 32.7. The molecule has 0 saturated heterocycles. The van der Waals surface area contributed by atoms with Crippen LogP contribution >= 0.6 is 0 Å². The van der Waals surface area contributed by atoms with Crippen LogP contribution in [0.3, 0.4) is 0 Å². The van der Waals surface area contributed by atoms with Crippen LogP contribution in [0.25, 0.3) is 131 Å². The Morgan fingerprint density at radius 3 is 0.939 bits per heavy atom. The summed E-state index contributed by atoms with van der Waals surface area (Å²) in [6.07, 6.45) is 0. The van der Waals surface area contributed by atoms with E-state index in [0.717, 1.165) is 0 Å². The molecule has 0 aliphatic carbocycles. The van der Waals surface area contributed by atoms with Crippen LogP contribution in [-0.4, -0.2) is 0 Å². The molecule has 0 atom stereocenters. The summed E-state index contributed by atoms with van der Waals surface area (Å²) in [4.78, 5) is 0. The Morgan fingerprint density at radius 1 is 0.136 bits per heavy atom. The minimum atomic E-state index is 1.21. The van der Waals surface area contributed by atoms with Gasteiger partial charge in [0.2, 0.25) is 0 Å². The number of rotatable bonds is 6. The SMILES string of the molecule is c1ccc(-c2ccc3c(-c4ccc(-c5c6ccccc6c(-c6ccc7cc(-c8ccc9ccccc9c8)ccc7c6)c6ccccc56)cc4)c4ccccc4c(-c4ccccc4)c3c2)cc1. The molecular weight excluding hydrogens is 793 g/mol. The van der Waals surface area contributed by atoms with E-state index in [9.17, 15) is 0 Å². The lowest BCUT2D eigenvalue weighted by Gasteiger charge is -2.20. The van der Waals surface area contributed by atoms with Gasteiger partial charge in [-0.15, -0.1) is 0 Å². The van der Waals surface area contributed by atoms with Crippen LogP contribution in [0.2, 0.25) is 0 Å². The Hall–Kier alpha value is -8.58. The van der Waals surface area contributed by atoms with Crippen LogP contribution in [-0.2, 0) is 0 Å². The van der Waals surface area contributed by atoms with E-state index in [2.05, 4.69) is 255 Å². The molecule has 0 unspecified atom stereocenters. The van der Waals surface area contributed by atoms with Crippen LogP contribution < -0.4 is 0 Å². The zero-order valence-corrected chi connectivity index (χ0v) is 36.2. The first-order valence-corrected chi connectivity index (χ1v) is 22.9. The van der Waals surface area contributed by atoms with Crippen LogP contribution in [0.4, 0.5) is 0 Å². The third-order valence-electron chi connectivity index (χ3n) is 13.8. The summed E-state index contributed by atoms with van der Waals surface area (Å²) >= 11 is 0. The lowest BCUT2D eigenvalue weighted by molar-refractivity contribution is 1.62. The summed E-state index contributed by atoms with van der Waals surface area (Å²) in [5, 5.41) is 15.0. The van der Waals surface area contributed by atoms with Gasteiger partial charge in [0.25, 0.3) is 0 Å². The Balaban J connectivity index is 0.951. The average molecular weight is 835 g/mol. The molecule has 13 aromatic rings. The van der Waals surface area contributed by atoms with Gasteiger partial charge in [-0.05, 0) is 156 Å². The van der Waals surface area contributed by atoms with Crippen molar-refractivity contribution in [2.24, 2.45) is 0 Å². The Kier molecular flexibility index (Phi) is 8.96. The largest absolute Gasteiger partial charge is 0.0622 e. The van der Waals surface area contributed by atoms with E-state index in [4.69, 9.17) is 0 Å². The molecule has 13 rings (SSSR count). The molecule has 0 aromatic heterocycles. The Bertz CT molecular complexity index is 3950. The van der Waals surface area contributed by atoms with Crippen LogP contribution in [0.15, 0.2) is 255 Å². The third kappa shape index (κ3) is 6.30. The molecule has 0 aliphatic rings. The maximum atomic E-state index is 2.40. The second-order valence-corrected chi connectivity index (χ2v) is 17.5. The molecule has 0 nitrogen and oxygen atoms in total. The van der Waals surface area contributed by atoms with Gasteiger partial charge in [-0.1, -0.05) is 231 Å². The van der Waals surface area contributed by atoms with E-state index >= 15 is 0 Å². The topological polar surface area (TPSA) is 0 Å². The fourth-order valence-electron chi connectivity index (χ4n) is 10.7. The van der Waals surface area contributed by atoms with Gasteiger partial charge in [0.1, 0.15) is 0 Å². The number of hydrogen-bond acceptors (Lipinski definition) is 0. The van der Waals surface area contributed by atoms with Crippen molar-refractivity contribution in [2.75, 3.05) is 0 Å². The maximum Gasteiger partial charge on any atom is -0.00262 e. The highest BCUT2D eigenvalue weighted by Gasteiger charge is 2.20. The lowest BCUT2D eigenvalue weighted by atomic mass is 9.83. The molecular formula is C66H42. The van der Waals surface area contributed by atoms with Gasteiger partial charge < -0.3 is 0 Å². The van der Waals surface area contributed by atoms with E-state index in [1.807, 2.05) is 0 Å². The summed E-state index contributed by atoms with van der Waals surface area (Å²) in [6.45, 7) is 0. The third-order valence-corrected chi connectivity index (χ3v) is 13.8. The van der Waals surface area contributed by atoms with E-state index < -0.39 is 0 Å². The predicted octanol–water partition coefficient (Wildman–Crippen LogP) is 18.6. The highest BCUT2D eigenvalue weighted by atomic mass is 14.2. The van der Waals surface area contributed by atoms with Crippen molar-refractivity contribution in [3.63, 3.8) is 0 Å². The molecule has 0 N–H and O–H groups in total. The van der Waals surface area contributed by atoms with Gasteiger partial charge >= 0.3 is 0 Å². The molecule has 0 saturated carbocycles. The molecule has 66 heavy (non-hydrogen) atoms. The molecule has 0 aliphatic heterocycles. The summed E-state index contributed by atoms with van der Waals surface area (Å²) in [7, 11) is 0. The van der Waals surface area contributed by atoms with Gasteiger partial charge in [0.05, 0.1) is 0 Å². The molecule has 0 spiro atoms. The summed E-state index contributed by atoms with van der Waals surface area (Å²) in [5.41, 5.74) is 14.8. The zero-order chi connectivity index (χ0) is 43.6. The second kappa shape index (κ2) is 15.6. The van der Waals surface area contributed by atoms with Crippen molar-refractivity contribution < 1.29 is 0 Å². The van der Waals surface area contributed by atoms with Crippen molar-refractivity contribution >= 4 is 64.6 Å². The molecule has 13 aromatic carbocycles. The Morgan fingerprint density at radius 2 is 0.424 bits per heavy atom. The summed E-state index contributed by atoms with van der Waals surface area (Å²) < 4.78 is 0. The molecule has 0 heterocycles. The van der Waals surface area contributed by atoms with Crippen LogP contribution in [0.1, 0.15) is 0 Å². The number of hydrogen-bond donors (Lipinski definition) is 0. The zero-order valence-electron chi connectivity index (χ0n) is 36.2. The predicted molar refractivity (Wildman–Crippen MR) is 284 cm³/mol. The molecule has 0 bridgehead atoms. The molecule has 0 amide bonds. The van der Waals surface area contributed by atoms with Crippen LogP contribution in [0, 0.1) is 0 Å². The second-order valence-electron chi connectivity index (χ2n) is 17.5. The van der Waals surface area contributed by atoms with Gasteiger partial charge in [-0.3, -0.25) is 0 Å². The normalized spacial score (nSPS) is 11.6. The van der Waals surface area contributed by atoms with E-state index in [0.29, 0.717) is 0 Å². The molecule has 306 valence electrons.